The summed E-state index contributed by atoms with van der Waals surface area (Å²) in [6, 6.07) is 14.2. The number of halogens is 1. The Hall–Kier alpha value is -1.96. The van der Waals surface area contributed by atoms with Crippen molar-refractivity contribution in [2.45, 2.75) is 50.9 Å². The highest BCUT2D eigenvalue weighted by atomic mass is 79.9. The second-order valence-electron chi connectivity index (χ2n) is 7.36. The summed E-state index contributed by atoms with van der Waals surface area (Å²) in [5, 5.41) is 11.4. The molecule has 7 heteroatoms. The van der Waals surface area contributed by atoms with Crippen LogP contribution in [0.3, 0.4) is 0 Å². The lowest BCUT2D eigenvalue weighted by Crippen LogP contribution is -2.40. The van der Waals surface area contributed by atoms with E-state index in [2.05, 4.69) is 33.0 Å². The Morgan fingerprint density at radius 3 is 2.32 bits per heavy atom. The fourth-order valence-corrected chi connectivity index (χ4v) is 4.08. The molecule has 28 heavy (non-hydrogen) atoms. The highest BCUT2D eigenvalue weighted by molar-refractivity contribution is 9.10. The zero-order valence-electron chi connectivity index (χ0n) is 16.0. The molecule has 2 aromatic rings. The number of nitro benzene ring substituents is 1. The lowest BCUT2D eigenvalue weighted by molar-refractivity contribution is -0.385. The van der Waals surface area contributed by atoms with E-state index in [4.69, 9.17) is 10.5 Å². The number of rotatable bonds is 7. The van der Waals surface area contributed by atoms with Crippen LogP contribution in [0.15, 0.2) is 46.9 Å². The largest absolute Gasteiger partial charge is 0.490 e. The number of hydrogen-bond donors (Lipinski definition) is 1. The van der Waals surface area contributed by atoms with Crippen LogP contribution >= 0.6 is 15.9 Å². The van der Waals surface area contributed by atoms with Crippen LogP contribution in [0.1, 0.15) is 36.8 Å². The summed E-state index contributed by atoms with van der Waals surface area (Å²) in [6.45, 7) is 1.45. The number of nitrogens with zero attached hydrogens (tertiary/aromatic N) is 2. The van der Waals surface area contributed by atoms with Crippen molar-refractivity contribution in [2.75, 3.05) is 7.11 Å². The molecule has 0 aliphatic heterocycles. The lowest BCUT2D eigenvalue weighted by Gasteiger charge is -2.36. The molecule has 1 saturated carbocycles. The first-order valence-corrected chi connectivity index (χ1v) is 10.3. The normalized spacial score (nSPS) is 19.6. The van der Waals surface area contributed by atoms with Gasteiger partial charge in [0.1, 0.15) is 0 Å². The van der Waals surface area contributed by atoms with Crippen LogP contribution in [0.2, 0.25) is 0 Å². The molecule has 150 valence electrons. The van der Waals surface area contributed by atoms with E-state index in [-0.39, 0.29) is 22.4 Å². The van der Waals surface area contributed by atoms with Crippen molar-refractivity contribution < 1.29 is 9.66 Å². The van der Waals surface area contributed by atoms with E-state index >= 15 is 0 Å². The quantitative estimate of drug-likeness (QED) is 0.493. The first-order chi connectivity index (χ1) is 13.5. The van der Waals surface area contributed by atoms with Gasteiger partial charge in [-0.1, -0.05) is 34.1 Å². The molecule has 0 aromatic heterocycles. The van der Waals surface area contributed by atoms with Crippen LogP contribution in [-0.2, 0) is 13.1 Å². The van der Waals surface area contributed by atoms with E-state index in [0.717, 1.165) is 42.3 Å². The standard InChI is InChI=1S/C21H26BrN3O3/c1-28-21-11-4-16(12-20(21)25(26)27)14-24(19-9-7-18(23)8-10-19)13-15-2-5-17(22)6-3-15/h2-6,11-12,18-19H,7-10,13-14,23H2,1H3. The molecule has 3 rings (SSSR count). The van der Waals surface area contributed by atoms with Crippen molar-refractivity contribution in [2.24, 2.45) is 5.73 Å². The van der Waals surface area contributed by atoms with Gasteiger partial charge in [-0.05, 0) is 55.0 Å². The Morgan fingerprint density at radius 1 is 1.11 bits per heavy atom. The van der Waals surface area contributed by atoms with E-state index in [1.165, 1.54) is 12.7 Å². The van der Waals surface area contributed by atoms with Crippen LogP contribution in [0.25, 0.3) is 0 Å². The minimum Gasteiger partial charge on any atom is -0.490 e. The minimum atomic E-state index is -0.388. The van der Waals surface area contributed by atoms with Crippen LogP contribution in [0.4, 0.5) is 5.69 Å². The smallest absolute Gasteiger partial charge is 0.311 e. The molecule has 1 fully saturated rings. The second-order valence-corrected chi connectivity index (χ2v) is 8.28. The highest BCUT2D eigenvalue weighted by Crippen LogP contribution is 2.30. The topological polar surface area (TPSA) is 81.6 Å². The number of ether oxygens (including phenoxy) is 1. The number of benzene rings is 2. The number of hydrogen-bond acceptors (Lipinski definition) is 5. The van der Waals surface area contributed by atoms with Crippen molar-refractivity contribution >= 4 is 21.6 Å². The molecular formula is C21H26BrN3O3. The van der Waals surface area contributed by atoms with E-state index in [9.17, 15) is 10.1 Å². The first-order valence-electron chi connectivity index (χ1n) is 9.51. The summed E-state index contributed by atoms with van der Waals surface area (Å²) >= 11 is 3.48. The zero-order chi connectivity index (χ0) is 20.1. The summed E-state index contributed by atoms with van der Waals surface area (Å²) < 4.78 is 6.18. The monoisotopic (exact) mass is 447 g/mol. The Bertz CT molecular complexity index is 805. The summed E-state index contributed by atoms with van der Waals surface area (Å²) in [6.07, 6.45) is 4.14. The van der Waals surface area contributed by atoms with Gasteiger partial charge in [0, 0.05) is 35.7 Å². The number of methoxy groups -OCH3 is 1. The van der Waals surface area contributed by atoms with Gasteiger partial charge in [-0.2, -0.15) is 0 Å². The average molecular weight is 448 g/mol. The van der Waals surface area contributed by atoms with Gasteiger partial charge in [0.25, 0.3) is 0 Å². The highest BCUT2D eigenvalue weighted by Gasteiger charge is 2.25. The molecule has 2 aromatic carbocycles. The van der Waals surface area contributed by atoms with E-state index in [1.807, 2.05) is 18.2 Å². The van der Waals surface area contributed by atoms with Crippen LogP contribution < -0.4 is 10.5 Å². The Morgan fingerprint density at radius 2 is 1.71 bits per heavy atom. The van der Waals surface area contributed by atoms with Gasteiger partial charge >= 0.3 is 5.69 Å². The van der Waals surface area contributed by atoms with Gasteiger partial charge in [0.15, 0.2) is 5.75 Å². The summed E-state index contributed by atoms with van der Waals surface area (Å²) in [7, 11) is 1.45. The van der Waals surface area contributed by atoms with E-state index < -0.39 is 0 Å². The van der Waals surface area contributed by atoms with Gasteiger partial charge < -0.3 is 10.5 Å². The number of nitrogens with two attached hydrogens (primary N) is 1. The van der Waals surface area contributed by atoms with E-state index in [1.54, 1.807) is 12.1 Å². The second kappa shape index (κ2) is 9.49. The maximum atomic E-state index is 11.4. The maximum absolute atomic E-state index is 11.4. The Labute approximate surface area is 174 Å². The average Bonchev–Trinajstić information content (AvgIpc) is 2.69. The maximum Gasteiger partial charge on any atom is 0.311 e. The zero-order valence-corrected chi connectivity index (χ0v) is 17.6. The molecule has 0 saturated heterocycles. The SMILES string of the molecule is COc1ccc(CN(Cc2ccc(Br)cc2)C2CCC(N)CC2)cc1[N+](=O)[O-]. The van der Waals surface area contributed by atoms with Gasteiger partial charge in [-0.3, -0.25) is 15.0 Å². The Kier molecular flexibility index (Phi) is 7.04. The van der Waals surface area contributed by atoms with Gasteiger partial charge in [0.2, 0.25) is 0 Å². The molecule has 6 nitrogen and oxygen atoms in total. The molecule has 2 N–H and O–H groups in total. The molecule has 0 unspecified atom stereocenters. The van der Waals surface area contributed by atoms with Crippen molar-refractivity contribution in [3.8, 4) is 5.75 Å². The van der Waals surface area contributed by atoms with Crippen molar-refractivity contribution in [1.82, 2.24) is 4.90 Å². The minimum absolute atomic E-state index is 0.00857. The molecule has 1 aliphatic rings. The summed E-state index contributed by atoms with van der Waals surface area (Å²) in [4.78, 5) is 13.4. The molecule has 0 atom stereocenters. The van der Waals surface area contributed by atoms with E-state index in [0.29, 0.717) is 12.6 Å². The molecule has 0 spiro atoms. The first kappa shape index (κ1) is 20.8. The molecule has 0 bridgehead atoms. The van der Waals surface area contributed by atoms with Crippen LogP contribution in [-0.4, -0.2) is 29.0 Å². The predicted octanol–water partition coefficient (Wildman–Crippen LogP) is 4.64. The van der Waals surface area contributed by atoms with Gasteiger partial charge in [0.05, 0.1) is 12.0 Å². The third-order valence-corrected chi connectivity index (χ3v) is 5.91. The summed E-state index contributed by atoms with van der Waals surface area (Å²) in [5.74, 6) is 0.289. The van der Waals surface area contributed by atoms with Gasteiger partial charge in [-0.25, -0.2) is 0 Å². The Balaban J connectivity index is 1.83. The van der Waals surface area contributed by atoms with Crippen LogP contribution in [0.5, 0.6) is 5.75 Å². The van der Waals surface area contributed by atoms with Crippen molar-refractivity contribution in [3.05, 3.63) is 68.2 Å². The molecule has 1 aliphatic carbocycles. The third kappa shape index (κ3) is 5.31. The van der Waals surface area contributed by atoms with Crippen molar-refractivity contribution in [1.29, 1.82) is 0 Å². The molecule has 0 amide bonds. The molecule has 0 heterocycles. The third-order valence-electron chi connectivity index (χ3n) is 5.38. The number of nitro groups is 1. The summed E-state index contributed by atoms with van der Waals surface area (Å²) in [5.41, 5.74) is 8.24. The predicted molar refractivity (Wildman–Crippen MR) is 113 cm³/mol. The van der Waals surface area contributed by atoms with Crippen LogP contribution in [0, 0.1) is 10.1 Å². The molecular weight excluding hydrogens is 422 g/mol. The fourth-order valence-electron chi connectivity index (χ4n) is 3.82. The van der Waals surface area contributed by atoms with Crippen molar-refractivity contribution in [3.63, 3.8) is 0 Å². The van der Waals surface area contributed by atoms with Gasteiger partial charge in [-0.15, -0.1) is 0 Å². The fraction of sp³-hybridized carbons (Fsp3) is 0.429. The lowest BCUT2D eigenvalue weighted by atomic mass is 9.90. The molecule has 0 radical (unpaired) electrons.